The molecule has 1 fully saturated rings. The first-order valence-electron chi connectivity index (χ1n) is 8.55. The Morgan fingerprint density at radius 1 is 1.29 bits per heavy atom. The van der Waals surface area contributed by atoms with Crippen LogP contribution >= 0.6 is 0 Å². The van der Waals surface area contributed by atoms with Crippen molar-refractivity contribution in [1.29, 1.82) is 0 Å². The molecule has 6 heteroatoms. The zero-order chi connectivity index (χ0) is 17.7. The number of nitrogens with one attached hydrogen (secondary N) is 2. The van der Waals surface area contributed by atoms with Gasteiger partial charge < -0.3 is 21.1 Å². The van der Waals surface area contributed by atoms with Gasteiger partial charge in [0.15, 0.2) is 0 Å². The van der Waals surface area contributed by atoms with Gasteiger partial charge in [0.25, 0.3) is 5.91 Å². The van der Waals surface area contributed by atoms with E-state index in [2.05, 4.69) is 24.5 Å². The average molecular weight is 333 g/mol. The molecule has 2 atom stereocenters. The van der Waals surface area contributed by atoms with Gasteiger partial charge in [-0.15, -0.1) is 0 Å². The smallest absolute Gasteiger partial charge is 0.316 e. The largest absolute Gasteiger partial charge is 0.378 e. The normalized spacial score (nSPS) is 21.6. The SMILES string of the molecule is CCOC1CC(NC(=O)c2cccc(NC(N)=O)c2)C1(CC)CC. The van der Waals surface area contributed by atoms with Gasteiger partial charge in [0, 0.05) is 29.3 Å². The second kappa shape index (κ2) is 7.66. The van der Waals surface area contributed by atoms with E-state index in [0.29, 0.717) is 17.9 Å². The van der Waals surface area contributed by atoms with Crippen molar-refractivity contribution in [2.24, 2.45) is 11.1 Å². The molecule has 24 heavy (non-hydrogen) atoms. The number of benzene rings is 1. The van der Waals surface area contributed by atoms with E-state index in [1.165, 1.54) is 0 Å². The Kier molecular flexibility index (Phi) is 5.83. The first kappa shape index (κ1) is 18.3. The van der Waals surface area contributed by atoms with E-state index < -0.39 is 6.03 Å². The Morgan fingerprint density at radius 3 is 2.58 bits per heavy atom. The zero-order valence-electron chi connectivity index (χ0n) is 14.6. The third-order valence-electron chi connectivity index (χ3n) is 5.17. The van der Waals surface area contributed by atoms with Gasteiger partial charge in [0.1, 0.15) is 0 Å². The molecule has 1 saturated carbocycles. The van der Waals surface area contributed by atoms with Gasteiger partial charge >= 0.3 is 6.03 Å². The molecule has 0 bridgehead atoms. The van der Waals surface area contributed by atoms with Crippen molar-refractivity contribution in [1.82, 2.24) is 5.32 Å². The second-order valence-electron chi connectivity index (χ2n) is 6.22. The molecule has 2 rings (SSSR count). The highest BCUT2D eigenvalue weighted by Crippen LogP contribution is 2.49. The second-order valence-corrected chi connectivity index (χ2v) is 6.22. The predicted octanol–water partition coefficient (Wildman–Crippen LogP) is 2.89. The molecule has 6 nitrogen and oxygen atoms in total. The number of urea groups is 1. The summed E-state index contributed by atoms with van der Waals surface area (Å²) < 4.78 is 5.84. The molecule has 0 aliphatic heterocycles. The lowest BCUT2D eigenvalue weighted by Gasteiger charge is -2.55. The fourth-order valence-electron chi connectivity index (χ4n) is 3.71. The number of carbonyl (C=O) groups excluding carboxylic acids is 2. The first-order chi connectivity index (χ1) is 11.5. The number of anilines is 1. The van der Waals surface area contributed by atoms with Crippen molar-refractivity contribution in [3.05, 3.63) is 29.8 Å². The van der Waals surface area contributed by atoms with Gasteiger partial charge in [-0.1, -0.05) is 19.9 Å². The Bertz CT molecular complexity index is 599. The van der Waals surface area contributed by atoms with Crippen LogP contribution in [0.5, 0.6) is 0 Å². The fourth-order valence-corrected chi connectivity index (χ4v) is 3.71. The summed E-state index contributed by atoms with van der Waals surface area (Å²) in [5, 5.41) is 5.61. The van der Waals surface area contributed by atoms with E-state index in [9.17, 15) is 9.59 Å². The highest BCUT2D eigenvalue weighted by atomic mass is 16.5. The minimum atomic E-state index is -0.651. The van der Waals surface area contributed by atoms with E-state index in [0.717, 1.165) is 19.3 Å². The lowest BCUT2D eigenvalue weighted by Crippen LogP contribution is -2.64. The maximum Gasteiger partial charge on any atom is 0.316 e. The average Bonchev–Trinajstić information content (AvgIpc) is 2.54. The van der Waals surface area contributed by atoms with E-state index in [1.54, 1.807) is 24.3 Å². The van der Waals surface area contributed by atoms with E-state index in [-0.39, 0.29) is 23.5 Å². The standard InChI is InChI=1S/C18H27N3O3/c1-4-18(5-2)14(11-15(18)24-6-3)21-16(22)12-8-7-9-13(10-12)20-17(19)23/h7-10,14-15H,4-6,11H2,1-3H3,(H,21,22)(H3,19,20,23). The van der Waals surface area contributed by atoms with Crippen molar-refractivity contribution in [3.8, 4) is 0 Å². The molecule has 0 saturated heterocycles. The number of carbonyl (C=O) groups is 2. The van der Waals surface area contributed by atoms with E-state index in [1.807, 2.05) is 6.92 Å². The van der Waals surface area contributed by atoms with Gasteiger partial charge in [-0.2, -0.15) is 0 Å². The number of hydrogen-bond donors (Lipinski definition) is 3. The summed E-state index contributed by atoms with van der Waals surface area (Å²) in [7, 11) is 0. The van der Waals surface area contributed by atoms with Crippen LogP contribution in [0.2, 0.25) is 0 Å². The van der Waals surface area contributed by atoms with E-state index in [4.69, 9.17) is 10.5 Å². The minimum Gasteiger partial charge on any atom is -0.378 e. The van der Waals surface area contributed by atoms with Crippen LogP contribution in [0.3, 0.4) is 0 Å². The summed E-state index contributed by atoms with van der Waals surface area (Å²) in [6.07, 6.45) is 2.95. The van der Waals surface area contributed by atoms with Gasteiger partial charge in [-0.05, 0) is 44.4 Å². The molecule has 1 aromatic rings. The fraction of sp³-hybridized carbons (Fsp3) is 0.556. The number of nitrogens with two attached hydrogens (primary N) is 1. The Morgan fingerprint density at radius 2 is 2.00 bits per heavy atom. The van der Waals surface area contributed by atoms with Crippen molar-refractivity contribution in [3.63, 3.8) is 0 Å². The summed E-state index contributed by atoms with van der Waals surface area (Å²) in [6, 6.07) is 6.21. The van der Waals surface area contributed by atoms with Gasteiger partial charge in [0.05, 0.1) is 6.10 Å². The zero-order valence-corrected chi connectivity index (χ0v) is 14.6. The van der Waals surface area contributed by atoms with Gasteiger partial charge in [-0.25, -0.2) is 4.79 Å². The monoisotopic (exact) mass is 333 g/mol. The molecule has 0 heterocycles. The third kappa shape index (κ3) is 3.53. The van der Waals surface area contributed by atoms with Crippen molar-refractivity contribution >= 4 is 17.6 Å². The topological polar surface area (TPSA) is 93.4 Å². The quantitative estimate of drug-likeness (QED) is 0.716. The molecule has 0 aromatic heterocycles. The van der Waals surface area contributed by atoms with Crippen LogP contribution < -0.4 is 16.4 Å². The molecule has 1 aromatic carbocycles. The molecule has 1 aliphatic carbocycles. The predicted molar refractivity (Wildman–Crippen MR) is 93.9 cm³/mol. The highest BCUT2D eigenvalue weighted by Gasteiger charge is 2.53. The lowest BCUT2D eigenvalue weighted by molar-refractivity contribution is -0.134. The van der Waals surface area contributed by atoms with Crippen molar-refractivity contribution in [2.45, 2.75) is 52.2 Å². The summed E-state index contributed by atoms with van der Waals surface area (Å²) in [5.74, 6) is -0.144. The molecule has 3 amide bonds. The van der Waals surface area contributed by atoms with Crippen molar-refractivity contribution < 1.29 is 14.3 Å². The van der Waals surface area contributed by atoms with Crippen LogP contribution in [0.25, 0.3) is 0 Å². The van der Waals surface area contributed by atoms with Crippen LogP contribution in [0.15, 0.2) is 24.3 Å². The third-order valence-corrected chi connectivity index (χ3v) is 5.17. The van der Waals surface area contributed by atoms with Crippen LogP contribution in [0.1, 0.15) is 50.4 Å². The molecule has 0 spiro atoms. The lowest BCUT2D eigenvalue weighted by atomic mass is 9.58. The highest BCUT2D eigenvalue weighted by molar-refractivity contribution is 5.96. The number of amides is 3. The maximum absolute atomic E-state index is 12.6. The van der Waals surface area contributed by atoms with Crippen LogP contribution in [-0.2, 0) is 4.74 Å². The maximum atomic E-state index is 12.6. The molecule has 0 radical (unpaired) electrons. The van der Waals surface area contributed by atoms with Crippen LogP contribution in [0.4, 0.5) is 10.5 Å². The summed E-state index contributed by atoms with van der Waals surface area (Å²) in [5.41, 5.74) is 6.12. The number of ether oxygens (including phenoxy) is 1. The Hall–Kier alpha value is -2.08. The molecule has 2 unspecified atom stereocenters. The van der Waals surface area contributed by atoms with Crippen LogP contribution in [0, 0.1) is 5.41 Å². The minimum absolute atomic E-state index is 0.00520. The molecular formula is C18H27N3O3. The molecule has 4 N–H and O–H groups in total. The number of rotatable bonds is 7. The first-order valence-corrected chi connectivity index (χ1v) is 8.55. The van der Waals surface area contributed by atoms with Gasteiger partial charge in [-0.3, -0.25) is 4.79 Å². The number of primary amides is 1. The van der Waals surface area contributed by atoms with Gasteiger partial charge in [0.2, 0.25) is 0 Å². The molecule has 132 valence electrons. The molecular weight excluding hydrogens is 306 g/mol. The van der Waals surface area contributed by atoms with E-state index >= 15 is 0 Å². The van der Waals surface area contributed by atoms with Crippen LogP contribution in [-0.4, -0.2) is 30.7 Å². The van der Waals surface area contributed by atoms with Crippen molar-refractivity contribution in [2.75, 3.05) is 11.9 Å². The summed E-state index contributed by atoms with van der Waals surface area (Å²) >= 11 is 0. The summed E-state index contributed by atoms with van der Waals surface area (Å²) in [6.45, 7) is 6.98. The molecule has 1 aliphatic rings. The number of hydrogen-bond acceptors (Lipinski definition) is 3. The summed E-state index contributed by atoms with van der Waals surface area (Å²) in [4.78, 5) is 23.5. The Balaban J connectivity index is 2.08. The Labute approximate surface area is 143 Å².